The van der Waals surface area contributed by atoms with Gasteiger partial charge in [-0.15, -0.1) is 0 Å². The average Bonchev–Trinajstić information content (AvgIpc) is 3.19. The van der Waals surface area contributed by atoms with E-state index in [9.17, 15) is 4.79 Å². The number of hydrogen-bond acceptors (Lipinski definition) is 3. The summed E-state index contributed by atoms with van der Waals surface area (Å²) in [6.45, 7) is 4.72. The van der Waals surface area contributed by atoms with Crippen molar-refractivity contribution in [1.82, 2.24) is 9.55 Å². The van der Waals surface area contributed by atoms with E-state index in [-0.39, 0.29) is 6.42 Å². The monoisotopic (exact) mass is 428 g/mol. The van der Waals surface area contributed by atoms with Crippen LogP contribution < -0.4 is 4.74 Å². The molecule has 5 heteroatoms. The van der Waals surface area contributed by atoms with Gasteiger partial charge in [0, 0.05) is 23.2 Å². The van der Waals surface area contributed by atoms with E-state index in [1.54, 1.807) is 0 Å². The zero-order valence-corrected chi connectivity index (χ0v) is 18.5. The maximum Gasteiger partial charge on any atom is 0.303 e. The van der Waals surface area contributed by atoms with Crippen LogP contribution in [0.5, 0.6) is 5.75 Å². The van der Waals surface area contributed by atoms with E-state index in [1.165, 1.54) is 5.56 Å². The topological polar surface area (TPSA) is 64.4 Å². The molecule has 0 spiro atoms. The van der Waals surface area contributed by atoms with Gasteiger partial charge in [-0.25, -0.2) is 4.98 Å². The van der Waals surface area contributed by atoms with E-state index in [2.05, 4.69) is 54.8 Å². The Labute approximate surface area is 188 Å². The zero-order valence-electron chi connectivity index (χ0n) is 18.5. The van der Waals surface area contributed by atoms with Crippen molar-refractivity contribution >= 4 is 17.0 Å². The molecule has 0 aliphatic rings. The van der Waals surface area contributed by atoms with Gasteiger partial charge in [0.1, 0.15) is 11.6 Å². The molecule has 3 aromatic carbocycles. The van der Waals surface area contributed by atoms with Crippen molar-refractivity contribution < 1.29 is 14.6 Å². The van der Waals surface area contributed by atoms with Crippen LogP contribution in [0.4, 0.5) is 0 Å². The lowest BCUT2D eigenvalue weighted by molar-refractivity contribution is -0.137. The van der Waals surface area contributed by atoms with Crippen LogP contribution in [0.3, 0.4) is 0 Å². The fraction of sp³-hybridized carbons (Fsp3) is 0.259. The van der Waals surface area contributed by atoms with Crippen molar-refractivity contribution in [3.05, 3.63) is 77.9 Å². The average molecular weight is 429 g/mol. The highest BCUT2D eigenvalue weighted by molar-refractivity contribution is 5.87. The number of fused-ring (bicyclic) bond motifs is 1. The first-order chi connectivity index (χ1) is 15.5. The molecule has 4 rings (SSSR count). The smallest absolute Gasteiger partial charge is 0.303 e. The van der Waals surface area contributed by atoms with Gasteiger partial charge in [0.15, 0.2) is 0 Å². The Morgan fingerprint density at radius 1 is 0.938 bits per heavy atom. The Morgan fingerprint density at radius 3 is 2.41 bits per heavy atom. The number of carboxylic acid groups (broad SMARTS) is 1. The lowest BCUT2D eigenvalue weighted by atomic mass is 10.1. The third kappa shape index (κ3) is 4.67. The van der Waals surface area contributed by atoms with Crippen molar-refractivity contribution in [3.8, 4) is 22.8 Å². The number of unbranched alkanes of at least 4 members (excludes halogenated alkanes) is 2. The summed E-state index contributed by atoms with van der Waals surface area (Å²) in [5.41, 5.74) is 6.34. The standard InChI is InChI=1S/C27H28N2O3/c1-19-12-14-22(15-13-19)29-26-20(2)24(32-18-8-4-7-11-25(30)31)17-16-23(26)28-27(29)21-9-5-3-6-10-21/h3,5-6,9-10,12-17H,4,7-8,11,18H2,1-2H3,(H,30,31). The number of aryl methyl sites for hydroxylation is 2. The van der Waals surface area contributed by atoms with E-state index in [4.69, 9.17) is 14.8 Å². The van der Waals surface area contributed by atoms with Gasteiger partial charge >= 0.3 is 5.97 Å². The molecule has 0 fully saturated rings. The third-order valence-electron chi connectivity index (χ3n) is 5.64. The van der Waals surface area contributed by atoms with Gasteiger partial charge in [-0.05, 0) is 57.4 Å². The predicted molar refractivity (Wildman–Crippen MR) is 128 cm³/mol. The zero-order chi connectivity index (χ0) is 22.5. The lowest BCUT2D eigenvalue weighted by Gasteiger charge is -2.14. The van der Waals surface area contributed by atoms with E-state index in [0.29, 0.717) is 13.0 Å². The number of carboxylic acids is 1. The molecule has 0 bridgehead atoms. The molecule has 0 aliphatic carbocycles. The maximum absolute atomic E-state index is 10.7. The van der Waals surface area contributed by atoms with Crippen LogP contribution >= 0.6 is 0 Å². The molecule has 1 N–H and O–H groups in total. The van der Waals surface area contributed by atoms with Gasteiger partial charge < -0.3 is 9.84 Å². The third-order valence-corrected chi connectivity index (χ3v) is 5.64. The minimum Gasteiger partial charge on any atom is -0.493 e. The number of benzene rings is 3. The highest BCUT2D eigenvalue weighted by Gasteiger charge is 2.18. The molecule has 0 saturated heterocycles. The number of ether oxygens (including phenoxy) is 1. The molecular formula is C27H28N2O3. The summed E-state index contributed by atoms with van der Waals surface area (Å²) in [5, 5.41) is 8.76. The Balaban J connectivity index is 1.70. The van der Waals surface area contributed by atoms with Gasteiger partial charge in [-0.1, -0.05) is 48.0 Å². The summed E-state index contributed by atoms with van der Waals surface area (Å²) >= 11 is 0. The minimum absolute atomic E-state index is 0.211. The van der Waals surface area contributed by atoms with Crippen molar-refractivity contribution in [1.29, 1.82) is 0 Å². The molecule has 4 aromatic rings. The van der Waals surface area contributed by atoms with Crippen LogP contribution in [0.15, 0.2) is 66.7 Å². The number of carbonyl (C=O) groups is 1. The summed E-state index contributed by atoms with van der Waals surface area (Å²) in [7, 11) is 0. The van der Waals surface area contributed by atoms with Crippen molar-refractivity contribution in [2.45, 2.75) is 39.5 Å². The maximum atomic E-state index is 10.7. The molecule has 5 nitrogen and oxygen atoms in total. The Kier molecular flexibility index (Phi) is 6.55. The number of rotatable bonds is 9. The van der Waals surface area contributed by atoms with Crippen LogP contribution in [0.1, 0.15) is 36.8 Å². The van der Waals surface area contributed by atoms with Gasteiger partial charge in [0.2, 0.25) is 0 Å². The van der Waals surface area contributed by atoms with Gasteiger partial charge in [-0.3, -0.25) is 9.36 Å². The lowest BCUT2D eigenvalue weighted by Crippen LogP contribution is -2.02. The summed E-state index contributed by atoms with van der Waals surface area (Å²) in [4.78, 5) is 15.6. The second kappa shape index (κ2) is 9.69. The molecule has 0 unspecified atom stereocenters. The summed E-state index contributed by atoms with van der Waals surface area (Å²) in [6.07, 6.45) is 2.56. The van der Waals surface area contributed by atoms with Gasteiger partial charge in [-0.2, -0.15) is 0 Å². The first-order valence-corrected chi connectivity index (χ1v) is 11.0. The highest BCUT2D eigenvalue weighted by Crippen LogP contribution is 2.34. The number of nitrogens with zero attached hydrogens (tertiary/aromatic N) is 2. The van der Waals surface area contributed by atoms with Crippen LogP contribution in [-0.2, 0) is 4.79 Å². The van der Waals surface area contributed by atoms with Crippen molar-refractivity contribution in [2.75, 3.05) is 6.61 Å². The predicted octanol–water partition coefficient (Wildman–Crippen LogP) is 6.33. The molecule has 0 aliphatic heterocycles. The quantitative estimate of drug-likeness (QED) is 0.316. The van der Waals surface area contributed by atoms with Crippen LogP contribution in [0, 0.1) is 13.8 Å². The summed E-state index contributed by atoms with van der Waals surface area (Å²) in [5.74, 6) is 0.993. The molecule has 0 radical (unpaired) electrons. The van der Waals surface area contributed by atoms with Crippen LogP contribution in [0.2, 0.25) is 0 Å². The molecule has 164 valence electrons. The van der Waals surface area contributed by atoms with Crippen LogP contribution in [-0.4, -0.2) is 27.2 Å². The van der Waals surface area contributed by atoms with E-state index >= 15 is 0 Å². The van der Waals surface area contributed by atoms with E-state index in [0.717, 1.165) is 52.3 Å². The van der Waals surface area contributed by atoms with Crippen molar-refractivity contribution in [3.63, 3.8) is 0 Å². The van der Waals surface area contributed by atoms with E-state index < -0.39 is 5.97 Å². The Morgan fingerprint density at radius 2 is 1.69 bits per heavy atom. The summed E-state index contributed by atoms with van der Waals surface area (Å²) < 4.78 is 8.30. The second-order valence-electron chi connectivity index (χ2n) is 8.08. The normalized spacial score (nSPS) is 11.1. The number of aromatic nitrogens is 2. The summed E-state index contributed by atoms with van der Waals surface area (Å²) in [6, 6.07) is 22.7. The molecule has 32 heavy (non-hydrogen) atoms. The molecule has 1 heterocycles. The number of imidazole rings is 1. The highest BCUT2D eigenvalue weighted by atomic mass is 16.5. The molecular weight excluding hydrogens is 400 g/mol. The SMILES string of the molecule is Cc1ccc(-n2c(-c3ccccc3)nc3ccc(OCCCCCC(=O)O)c(C)c32)cc1. The first-order valence-electron chi connectivity index (χ1n) is 11.0. The second-order valence-corrected chi connectivity index (χ2v) is 8.08. The Bertz CT molecular complexity index is 1210. The number of hydrogen-bond donors (Lipinski definition) is 1. The van der Waals surface area contributed by atoms with Gasteiger partial charge in [0.05, 0.1) is 17.6 Å². The molecule has 0 atom stereocenters. The number of aliphatic carboxylic acids is 1. The van der Waals surface area contributed by atoms with E-state index in [1.807, 2.05) is 30.3 Å². The molecule has 1 aromatic heterocycles. The van der Waals surface area contributed by atoms with Crippen LogP contribution in [0.25, 0.3) is 28.1 Å². The van der Waals surface area contributed by atoms with Crippen molar-refractivity contribution in [2.24, 2.45) is 0 Å². The fourth-order valence-corrected chi connectivity index (χ4v) is 3.93. The Hall–Kier alpha value is -3.60. The minimum atomic E-state index is -0.745. The largest absolute Gasteiger partial charge is 0.493 e. The van der Waals surface area contributed by atoms with Gasteiger partial charge in [0.25, 0.3) is 0 Å². The molecule has 0 amide bonds. The fourth-order valence-electron chi connectivity index (χ4n) is 3.93. The molecule has 0 saturated carbocycles. The first kappa shape index (κ1) is 21.6.